The van der Waals surface area contributed by atoms with E-state index in [1.54, 1.807) is 0 Å². The number of carbonyl (C=O) groups is 1. The summed E-state index contributed by atoms with van der Waals surface area (Å²) < 4.78 is 20.8. The van der Waals surface area contributed by atoms with Crippen LogP contribution in [0.4, 0.5) is 0 Å². The van der Waals surface area contributed by atoms with Crippen molar-refractivity contribution in [3.63, 3.8) is 0 Å². The zero-order valence-corrected chi connectivity index (χ0v) is 29.8. The van der Waals surface area contributed by atoms with E-state index in [1.807, 2.05) is 6.92 Å². The van der Waals surface area contributed by atoms with E-state index in [0.717, 1.165) is 6.29 Å². The molecular formula is C28H62O4Si3. The largest absolute Gasteiger partial charge is 0.416 e. The summed E-state index contributed by atoms with van der Waals surface area (Å²) in [5.41, 5.74) is 0. The predicted molar refractivity (Wildman–Crippen MR) is 161 cm³/mol. The Hall–Kier alpha value is 0.201. The van der Waals surface area contributed by atoms with Gasteiger partial charge in [-0.05, 0) is 54.4 Å². The van der Waals surface area contributed by atoms with Gasteiger partial charge in [0.1, 0.15) is 6.29 Å². The molecule has 0 fully saturated rings. The second kappa shape index (κ2) is 11.9. The fraction of sp³-hybridized carbons (Fsp3) is 0.964. The van der Waals surface area contributed by atoms with Crippen molar-refractivity contribution in [1.29, 1.82) is 0 Å². The topological polar surface area (TPSA) is 44.8 Å². The van der Waals surface area contributed by atoms with E-state index in [4.69, 9.17) is 13.3 Å². The zero-order chi connectivity index (χ0) is 28.4. The molecule has 0 spiro atoms. The van der Waals surface area contributed by atoms with Crippen LogP contribution in [0.2, 0.25) is 54.4 Å². The molecule has 0 aromatic carbocycles. The van der Waals surface area contributed by atoms with Crippen LogP contribution in [0.3, 0.4) is 0 Å². The number of hydrogen-bond donors (Lipinski definition) is 0. The lowest BCUT2D eigenvalue weighted by atomic mass is 9.85. The van der Waals surface area contributed by atoms with E-state index in [-0.39, 0.29) is 45.1 Å². The Morgan fingerprint density at radius 1 is 0.629 bits per heavy atom. The molecule has 7 heteroatoms. The van der Waals surface area contributed by atoms with Gasteiger partial charge in [-0.1, -0.05) is 83.1 Å². The molecule has 0 radical (unpaired) electrons. The van der Waals surface area contributed by atoms with Crippen LogP contribution in [0.1, 0.15) is 83.1 Å². The highest BCUT2D eigenvalue weighted by molar-refractivity contribution is 6.75. The summed E-state index contributed by atoms with van der Waals surface area (Å²) in [5.74, 6) is 0.0623. The lowest BCUT2D eigenvalue weighted by Gasteiger charge is -2.48. The molecule has 0 bridgehead atoms. The summed E-state index contributed by atoms with van der Waals surface area (Å²) in [5, 5.41) is 0.325. The molecule has 0 aromatic heterocycles. The van der Waals surface area contributed by atoms with E-state index in [9.17, 15) is 4.79 Å². The predicted octanol–water partition coefficient (Wildman–Crippen LogP) is 8.90. The molecule has 0 aliphatic rings. The summed E-state index contributed by atoms with van der Waals surface area (Å²) >= 11 is 0. The Morgan fingerprint density at radius 2 is 0.971 bits per heavy atom. The Kier molecular flexibility index (Phi) is 12.0. The maximum absolute atomic E-state index is 12.1. The first-order valence-corrected chi connectivity index (χ1v) is 22.4. The maximum atomic E-state index is 12.1. The molecule has 35 heavy (non-hydrogen) atoms. The first kappa shape index (κ1) is 35.2. The third-order valence-electron chi connectivity index (χ3n) is 9.32. The lowest BCUT2D eigenvalue weighted by molar-refractivity contribution is -0.115. The number of hydrogen-bond acceptors (Lipinski definition) is 4. The molecule has 0 heterocycles. The molecule has 0 N–H and O–H groups in total. The molecule has 0 amide bonds. The number of carbonyl (C=O) groups excluding carboxylic acids is 1. The normalized spacial score (nSPS) is 19.1. The Balaban J connectivity index is 6.32. The quantitative estimate of drug-likeness (QED) is 0.181. The van der Waals surface area contributed by atoms with Crippen molar-refractivity contribution in [3.05, 3.63) is 0 Å². The molecule has 0 saturated carbocycles. The van der Waals surface area contributed by atoms with Crippen molar-refractivity contribution in [2.24, 2.45) is 17.8 Å². The van der Waals surface area contributed by atoms with Gasteiger partial charge in [0.2, 0.25) is 0 Å². The highest BCUT2D eigenvalue weighted by Gasteiger charge is 2.47. The van der Waals surface area contributed by atoms with E-state index in [0.29, 0.717) is 6.61 Å². The fourth-order valence-corrected chi connectivity index (χ4v) is 7.44. The van der Waals surface area contributed by atoms with E-state index < -0.39 is 25.0 Å². The van der Waals surface area contributed by atoms with Crippen LogP contribution < -0.4 is 0 Å². The highest BCUT2D eigenvalue weighted by Crippen LogP contribution is 2.43. The van der Waals surface area contributed by atoms with Gasteiger partial charge >= 0.3 is 0 Å². The van der Waals surface area contributed by atoms with E-state index in [2.05, 4.69) is 115 Å². The maximum Gasteiger partial charge on any atom is 0.192 e. The van der Waals surface area contributed by atoms with E-state index >= 15 is 0 Å². The van der Waals surface area contributed by atoms with Crippen LogP contribution in [0, 0.1) is 17.8 Å². The van der Waals surface area contributed by atoms with Crippen LogP contribution in [0.15, 0.2) is 0 Å². The van der Waals surface area contributed by atoms with Crippen molar-refractivity contribution in [2.75, 3.05) is 6.61 Å². The summed E-state index contributed by atoms with van der Waals surface area (Å²) in [7, 11) is -6.04. The average Bonchev–Trinajstić information content (AvgIpc) is 2.64. The smallest absolute Gasteiger partial charge is 0.192 e. The third kappa shape index (κ3) is 9.47. The molecule has 210 valence electrons. The SMILES string of the molecule is C[C@H]([C@H](O[Si](C)(C)C(C)(C)C)[C@H](C)C=O)[C@H](O[Si](C)(C)C(C)(C)C)[C@H](C)CO[Si](C)(C)C(C)(C)C. The van der Waals surface area contributed by atoms with Gasteiger partial charge in [-0.15, -0.1) is 0 Å². The van der Waals surface area contributed by atoms with Crippen LogP contribution in [-0.2, 0) is 18.1 Å². The Bertz CT molecular complexity index is 669. The van der Waals surface area contributed by atoms with Gasteiger partial charge in [0, 0.05) is 24.4 Å². The van der Waals surface area contributed by atoms with Crippen molar-refractivity contribution in [2.45, 2.75) is 150 Å². The first-order chi connectivity index (χ1) is 15.2. The zero-order valence-electron chi connectivity index (χ0n) is 26.8. The van der Waals surface area contributed by atoms with Crippen LogP contribution >= 0.6 is 0 Å². The van der Waals surface area contributed by atoms with Gasteiger partial charge in [0.05, 0.1) is 12.2 Å². The molecule has 0 aliphatic heterocycles. The molecular weight excluding hydrogens is 485 g/mol. The Labute approximate surface area is 223 Å². The third-order valence-corrected chi connectivity index (χ3v) is 22.8. The highest BCUT2D eigenvalue weighted by atomic mass is 28.4. The fourth-order valence-electron chi connectivity index (χ4n) is 3.38. The standard InChI is InChI=1S/C28H62O4Si3/c1-21(19-29)24(31-34(15,16)27(7,8)9)23(3)25(32-35(17,18)28(10,11)12)22(2)20-30-33(13,14)26(4,5)6/h19,21-25H,20H2,1-18H3/t21-,22-,23-,24-,25-/m1/s1. The van der Waals surface area contributed by atoms with Crippen LogP contribution in [0.5, 0.6) is 0 Å². The van der Waals surface area contributed by atoms with Gasteiger partial charge in [-0.25, -0.2) is 0 Å². The lowest BCUT2D eigenvalue weighted by Crippen LogP contribution is -2.54. The molecule has 0 aliphatic carbocycles. The van der Waals surface area contributed by atoms with Crippen molar-refractivity contribution in [1.82, 2.24) is 0 Å². The molecule has 5 atom stereocenters. The second-order valence-corrected chi connectivity index (χ2v) is 29.9. The molecule has 0 saturated heterocycles. The molecule has 0 rings (SSSR count). The van der Waals surface area contributed by atoms with Gasteiger partial charge in [0.25, 0.3) is 0 Å². The van der Waals surface area contributed by atoms with Gasteiger partial charge in [0.15, 0.2) is 25.0 Å². The van der Waals surface area contributed by atoms with Crippen LogP contribution in [0.25, 0.3) is 0 Å². The molecule has 0 unspecified atom stereocenters. The summed E-state index contributed by atoms with van der Waals surface area (Å²) in [6.07, 6.45) is 0.838. The minimum atomic E-state index is -2.09. The van der Waals surface area contributed by atoms with E-state index in [1.165, 1.54) is 0 Å². The number of rotatable bonds is 12. The van der Waals surface area contributed by atoms with Crippen molar-refractivity contribution < 1.29 is 18.1 Å². The number of aldehydes is 1. The first-order valence-electron chi connectivity index (χ1n) is 13.7. The second-order valence-electron chi connectivity index (χ2n) is 15.6. The monoisotopic (exact) mass is 546 g/mol. The molecule has 0 aromatic rings. The average molecular weight is 547 g/mol. The minimum absolute atomic E-state index is 0.0437. The minimum Gasteiger partial charge on any atom is -0.416 e. The Morgan fingerprint density at radius 3 is 1.29 bits per heavy atom. The molecule has 4 nitrogen and oxygen atoms in total. The summed E-state index contributed by atoms with van der Waals surface area (Å²) in [6.45, 7) is 41.5. The van der Waals surface area contributed by atoms with Crippen molar-refractivity contribution in [3.8, 4) is 0 Å². The summed E-state index contributed by atoms with van der Waals surface area (Å²) in [4.78, 5) is 12.1. The van der Waals surface area contributed by atoms with Gasteiger partial charge in [-0.3, -0.25) is 0 Å². The van der Waals surface area contributed by atoms with Gasteiger partial charge < -0.3 is 18.1 Å². The van der Waals surface area contributed by atoms with Gasteiger partial charge in [-0.2, -0.15) is 0 Å². The summed E-state index contributed by atoms with van der Waals surface area (Å²) in [6, 6.07) is 0. The van der Waals surface area contributed by atoms with Crippen molar-refractivity contribution >= 4 is 31.2 Å². The van der Waals surface area contributed by atoms with Crippen LogP contribution in [-0.4, -0.2) is 50.1 Å².